The highest BCUT2D eigenvalue weighted by atomic mass is 16.2. The lowest BCUT2D eigenvalue weighted by atomic mass is 9.92. The molecule has 3 heterocycles. The smallest absolute Gasteiger partial charge is 0.321 e. The van der Waals surface area contributed by atoms with Crippen LogP contribution in [0.25, 0.3) is 5.82 Å². The number of imide groups is 1. The summed E-state index contributed by atoms with van der Waals surface area (Å²) in [6, 6.07) is 11.3. The highest BCUT2D eigenvalue weighted by molar-refractivity contribution is 6.07. The Labute approximate surface area is 159 Å². The molecule has 4 amide bonds. The fourth-order valence-corrected chi connectivity index (χ4v) is 2.94. The fraction of sp³-hybridized carbons (Fsp3) is 0.105. The van der Waals surface area contributed by atoms with Crippen molar-refractivity contribution in [2.45, 2.75) is 12.5 Å². The first kappa shape index (κ1) is 17.4. The molecular weight excluding hydrogens is 360 g/mol. The van der Waals surface area contributed by atoms with Gasteiger partial charge in [0.1, 0.15) is 23.4 Å². The number of benzene rings is 1. The number of nitrogens with one attached hydrogen (secondary N) is 3. The van der Waals surface area contributed by atoms with Crippen LogP contribution in [0.3, 0.4) is 0 Å². The van der Waals surface area contributed by atoms with E-state index in [1.54, 1.807) is 72.7 Å². The molecule has 3 N–H and O–H groups in total. The van der Waals surface area contributed by atoms with Gasteiger partial charge in [-0.2, -0.15) is 0 Å². The number of pyridine rings is 1. The minimum atomic E-state index is -1.20. The summed E-state index contributed by atoms with van der Waals surface area (Å²) in [6.07, 6.45) is 4.95. The average Bonchev–Trinajstić information content (AvgIpc) is 3.31. The Kier molecular flexibility index (Phi) is 4.11. The molecule has 0 saturated carbocycles. The van der Waals surface area contributed by atoms with Crippen LogP contribution in [0.1, 0.15) is 23.0 Å². The standard InChI is InChI=1S/C19H16N6O3/c1-19(17(27)23-18(28)24-19)12-4-2-5-13(10-12)21-16(26)14-6-3-7-15(22-14)25-9-8-20-11-25/h2-11H,1H3,(H,21,26)(H2,23,24,27,28). The topological polar surface area (TPSA) is 118 Å². The molecule has 9 heteroatoms. The van der Waals surface area contributed by atoms with E-state index in [0.717, 1.165) is 0 Å². The fourth-order valence-electron chi connectivity index (χ4n) is 2.94. The molecule has 1 aromatic carbocycles. The lowest BCUT2D eigenvalue weighted by Crippen LogP contribution is -2.40. The molecule has 1 unspecified atom stereocenters. The highest BCUT2D eigenvalue weighted by Gasteiger charge is 2.43. The van der Waals surface area contributed by atoms with E-state index in [1.165, 1.54) is 0 Å². The molecule has 0 spiro atoms. The monoisotopic (exact) mass is 376 g/mol. The molecular formula is C19H16N6O3. The van der Waals surface area contributed by atoms with Gasteiger partial charge in [-0.05, 0) is 36.8 Å². The van der Waals surface area contributed by atoms with Crippen LogP contribution in [-0.4, -0.2) is 32.4 Å². The van der Waals surface area contributed by atoms with Crippen LogP contribution in [0, 0.1) is 0 Å². The average molecular weight is 376 g/mol. The second-order valence-corrected chi connectivity index (χ2v) is 6.42. The maximum atomic E-state index is 12.6. The number of aromatic nitrogens is 3. The number of carbonyl (C=O) groups excluding carboxylic acids is 3. The van der Waals surface area contributed by atoms with Gasteiger partial charge >= 0.3 is 6.03 Å². The van der Waals surface area contributed by atoms with Crippen LogP contribution in [-0.2, 0) is 10.3 Å². The third kappa shape index (κ3) is 3.09. The Hall–Kier alpha value is -4.01. The van der Waals surface area contributed by atoms with Gasteiger partial charge in [-0.3, -0.25) is 19.5 Å². The van der Waals surface area contributed by atoms with E-state index in [0.29, 0.717) is 17.1 Å². The van der Waals surface area contributed by atoms with Crippen LogP contribution in [0.5, 0.6) is 0 Å². The number of urea groups is 1. The molecule has 28 heavy (non-hydrogen) atoms. The first-order chi connectivity index (χ1) is 13.5. The minimum absolute atomic E-state index is 0.231. The van der Waals surface area contributed by atoms with Crippen molar-refractivity contribution in [2.75, 3.05) is 5.32 Å². The maximum Gasteiger partial charge on any atom is 0.322 e. The summed E-state index contributed by atoms with van der Waals surface area (Å²) in [5.74, 6) is -0.281. The van der Waals surface area contributed by atoms with Crippen molar-refractivity contribution < 1.29 is 14.4 Å². The summed E-state index contributed by atoms with van der Waals surface area (Å²) in [4.78, 5) is 44.5. The van der Waals surface area contributed by atoms with Gasteiger partial charge in [0.25, 0.3) is 11.8 Å². The Morgan fingerprint density at radius 1 is 1.18 bits per heavy atom. The van der Waals surface area contributed by atoms with E-state index in [1.807, 2.05) is 0 Å². The Morgan fingerprint density at radius 3 is 2.71 bits per heavy atom. The van der Waals surface area contributed by atoms with Crippen LogP contribution < -0.4 is 16.0 Å². The van der Waals surface area contributed by atoms with Crippen molar-refractivity contribution in [3.05, 3.63) is 72.4 Å². The molecule has 1 fully saturated rings. The molecule has 0 aliphatic carbocycles. The number of carbonyl (C=O) groups is 3. The van der Waals surface area contributed by atoms with Gasteiger partial charge in [0, 0.05) is 18.1 Å². The van der Waals surface area contributed by atoms with Crippen LogP contribution >= 0.6 is 0 Å². The van der Waals surface area contributed by atoms with Crippen molar-refractivity contribution in [2.24, 2.45) is 0 Å². The normalized spacial score (nSPS) is 18.5. The summed E-state index contributed by atoms with van der Waals surface area (Å²) in [6.45, 7) is 1.60. The summed E-state index contributed by atoms with van der Waals surface area (Å²) >= 11 is 0. The predicted molar refractivity (Wildman–Crippen MR) is 99.8 cm³/mol. The number of nitrogens with zero attached hydrogens (tertiary/aromatic N) is 3. The zero-order valence-corrected chi connectivity index (χ0v) is 14.8. The molecule has 2 aromatic heterocycles. The molecule has 1 saturated heterocycles. The third-order valence-corrected chi connectivity index (χ3v) is 4.48. The number of hydrogen-bond donors (Lipinski definition) is 3. The lowest BCUT2D eigenvalue weighted by Gasteiger charge is -2.21. The number of rotatable bonds is 4. The molecule has 4 rings (SSSR count). The molecule has 1 atom stereocenters. The molecule has 140 valence electrons. The van der Waals surface area contributed by atoms with Gasteiger partial charge in [-0.25, -0.2) is 14.8 Å². The summed E-state index contributed by atoms with van der Waals surface area (Å²) in [5.41, 5.74) is 0.0632. The quantitative estimate of drug-likeness (QED) is 0.598. The second-order valence-electron chi connectivity index (χ2n) is 6.42. The van der Waals surface area contributed by atoms with Gasteiger partial charge in [0.15, 0.2) is 0 Å². The zero-order valence-electron chi connectivity index (χ0n) is 14.8. The summed E-state index contributed by atoms with van der Waals surface area (Å²) in [5, 5.41) is 7.58. The lowest BCUT2D eigenvalue weighted by molar-refractivity contribution is -0.123. The molecule has 0 radical (unpaired) electrons. The first-order valence-corrected chi connectivity index (χ1v) is 8.46. The van der Waals surface area contributed by atoms with E-state index >= 15 is 0 Å². The highest BCUT2D eigenvalue weighted by Crippen LogP contribution is 2.26. The summed E-state index contributed by atoms with van der Waals surface area (Å²) < 4.78 is 1.69. The zero-order chi connectivity index (χ0) is 19.7. The molecule has 1 aliphatic heterocycles. The largest absolute Gasteiger partial charge is 0.322 e. The van der Waals surface area contributed by atoms with Crippen molar-refractivity contribution >= 4 is 23.5 Å². The predicted octanol–water partition coefficient (Wildman–Crippen LogP) is 1.57. The van der Waals surface area contributed by atoms with Crippen molar-refractivity contribution in [3.63, 3.8) is 0 Å². The number of anilines is 1. The van der Waals surface area contributed by atoms with Crippen LogP contribution in [0.2, 0.25) is 0 Å². The van der Waals surface area contributed by atoms with Gasteiger partial charge in [0.2, 0.25) is 0 Å². The second kappa shape index (κ2) is 6.62. The van der Waals surface area contributed by atoms with Crippen molar-refractivity contribution in [1.29, 1.82) is 0 Å². The van der Waals surface area contributed by atoms with Gasteiger partial charge < -0.3 is 10.6 Å². The third-order valence-electron chi connectivity index (χ3n) is 4.48. The van der Waals surface area contributed by atoms with Crippen LogP contribution in [0.15, 0.2) is 61.2 Å². The van der Waals surface area contributed by atoms with E-state index in [-0.39, 0.29) is 5.69 Å². The van der Waals surface area contributed by atoms with Gasteiger partial charge in [-0.1, -0.05) is 18.2 Å². The number of amides is 4. The van der Waals surface area contributed by atoms with E-state index in [9.17, 15) is 14.4 Å². The first-order valence-electron chi connectivity index (χ1n) is 8.46. The Balaban J connectivity index is 1.57. The van der Waals surface area contributed by atoms with Crippen LogP contribution in [0.4, 0.5) is 10.5 Å². The Bertz CT molecular complexity index is 1080. The number of imidazole rings is 1. The van der Waals surface area contributed by atoms with Crippen molar-refractivity contribution in [1.82, 2.24) is 25.2 Å². The molecule has 1 aliphatic rings. The maximum absolute atomic E-state index is 12.6. The van der Waals surface area contributed by atoms with E-state index in [4.69, 9.17) is 0 Å². The summed E-state index contributed by atoms with van der Waals surface area (Å²) in [7, 11) is 0. The van der Waals surface area contributed by atoms with Gasteiger partial charge in [0.05, 0.1) is 0 Å². The molecule has 0 bridgehead atoms. The SMILES string of the molecule is CC1(c2cccc(NC(=O)c3cccc(-n4ccnc4)n3)c2)NC(=O)NC1=O. The molecule has 3 aromatic rings. The molecule has 9 nitrogen and oxygen atoms in total. The van der Waals surface area contributed by atoms with Gasteiger partial charge in [-0.15, -0.1) is 0 Å². The van der Waals surface area contributed by atoms with Crippen molar-refractivity contribution in [3.8, 4) is 5.82 Å². The van der Waals surface area contributed by atoms with E-state index < -0.39 is 23.4 Å². The number of hydrogen-bond acceptors (Lipinski definition) is 5. The Morgan fingerprint density at radius 2 is 2.00 bits per heavy atom. The minimum Gasteiger partial charge on any atom is -0.321 e. The van der Waals surface area contributed by atoms with E-state index in [2.05, 4.69) is 25.9 Å².